The van der Waals surface area contributed by atoms with Gasteiger partial charge in [0, 0.05) is 19.5 Å². The highest BCUT2D eigenvalue weighted by atomic mass is 16.3. The summed E-state index contributed by atoms with van der Waals surface area (Å²) in [5.41, 5.74) is -0.705. The summed E-state index contributed by atoms with van der Waals surface area (Å²) < 4.78 is 0. The first-order valence-electron chi connectivity index (χ1n) is 6.29. The van der Waals surface area contributed by atoms with Gasteiger partial charge in [-0.3, -0.25) is 4.79 Å². The van der Waals surface area contributed by atoms with Crippen molar-refractivity contribution in [1.29, 1.82) is 0 Å². The molecule has 0 aromatic heterocycles. The zero-order chi connectivity index (χ0) is 11.6. The minimum atomic E-state index is -0.705. The quantitative estimate of drug-likeness (QED) is 0.730. The van der Waals surface area contributed by atoms with Gasteiger partial charge >= 0.3 is 0 Å². The van der Waals surface area contributed by atoms with Crippen LogP contribution in [-0.4, -0.2) is 48.2 Å². The summed E-state index contributed by atoms with van der Waals surface area (Å²) in [7, 11) is 1.82. The molecule has 0 radical (unpaired) electrons. The molecule has 2 fully saturated rings. The largest absolute Gasteiger partial charge is 0.387 e. The maximum Gasteiger partial charge on any atom is 0.225 e. The van der Waals surface area contributed by atoms with Crippen LogP contribution in [-0.2, 0) is 4.79 Å². The average molecular weight is 226 g/mol. The molecule has 1 amide bonds. The molecule has 1 aliphatic carbocycles. The molecule has 1 saturated carbocycles. The first kappa shape index (κ1) is 11.9. The number of nitrogens with zero attached hydrogens (tertiary/aromatic N) is 1. The number of amides is 1. The Morgan fingerprint density at radius 2 is 2.19 bits per heavy atom. The zero-order valence-corrected chi connectivity index (χ0v) is 10.0. The van der Waals surface area contributed by atoms with Crippen LogP contribution in [0.1, 0.15) is 32.1 Å². The molecule has 92 valence electrons. The van der Waals surface area contributed by atoms with Gasteiger partial charge in [0.2, 0.25) is 5.91 Å². The van der Waals surface area contributed by atoms with E-state index in [1.54, 1.807) is 4.90 Å². The molecule has 16 heavy (non-hydrogen) atoms. The first-order chi connectivity index (χ1) is 7.61. The maximum absolute atomic E-state index is 12.1. The fraction of sp³-hybridized carbons (Fsp3) is 0.917. The van der Waals surface area contributed by atoms with E-state index in [4.69, 9.17) is 0 Å². The molecule has 2 N–H and O–H groups in total. The van der Waals surface area contributed by atoms with E-state index >= 15 is 0 Å². The first-order valence-corrected chi connectivity index (χ1v) is 6.29. The lowest BCUT2D eigenvalue weighted by Crippen LogP contribution is -2.46. The third-order valence-electron chi connectivity index (χ3n) is 3.83. The van der Waals surface area contributed by atoms with Crippen molar-refractivity contribution in [3.8, 4) is 0 Å². The highest BCUT2D eigenvalue weighted by molar-refractivity contribution is 5.78. The predicted octanol–water partition coefficient (Wildman–Crippen LogP) is 0.359. The van der Waals surface area contributed by atoms with Gasteiger partial charge in [-0.15, -0.1) is 0 Å². The summed E-state index contributed by atoms with van der Waals surface area (Å²) >= 11 is 0. The highest BCUT2D eigenvalue weighted by Gasteiger charge is 2.35. The van der Waals surface area contributed by atoms with Gasteiger partial charge in [0.25, 0.3) is 0 Å². The van der Waals surface area contributed by atoms with Gasteiger partial charge in [-0.1, -0.05) is 12.8 Å². The summed E-state index contributed by atoms with van der Waals surface area (Å²) in [6.45, 7) is 1.92. The maximum atomic E-state index is 12.1. The predicted molar refractivity (Wildman–Crippen MR) is 62.0 cm³/mol. The summed E-state index contributed by atoms with van der Waals surface area (Å²) in [5, 5.41) is 13.3. The normalized spacial score (nSPS) is 30.9. The Hall–Kier alpha value is -0.610. The minimum Gasteiger partial charge on any atom is -0.387 e. The van der Waals surface area contributed by atoms with Gasteiger partial charge in [0.1, 0.15) is 0 Å². The van der Waals surface area contributed by atoms with Crippen LogP contribution in [0.4, 0.5) is 0 Å². The second-order valence-electron chi connectivity index (χ2n) is 5.33. The van der Waals surface area contributed by atoms with E-state index < -0.39 is 5.60 Å². The number of β-amino-alcohol motifs (C(OH)–C–C–N with tert-alkyl or cyclic N) is 1. The fourth-order valence-corrected chi connectivity index (χ4v) is 2.87. The standard InChI is InChI=1S/C12H22N2O2/c1-14(9-12(16)6-7-13-8-12)11(15)10-4-2-3-5-10/h10,13,16H,2-9H2,1H3. The Kier molecular flexibility index (Phi) is 3.50. The molecule has 2 rings (SSSR count). The van der Waals surface area contributed by atoms with Gasteiger partial charge in [-0.2, -0.15) is 0 Å². The number of nitrogens with one attached hydrogen (secondary N) is 1. The van der Waals surface area contributed by atoms with Gasteiger partial charge in [0.05, 0.1) is 12.1 Å². The molecule has 0 spiro atoms. The van der Waals surface area contributed by atoms with Crippen LogP contribution >= 0.6 is 0 Å². The van der Waals surface area contributed by atoms with Crippen molar-refractivity contribution in [2.45, 2.75) is 37.7 Å². The van der Waals surface area contributed by atoms with E-state index in [1.807, 2.05) is 7.05 Å². The number of rotatable bonds is 3. The Labute approximate surface area is 97.0 Å². The molecule has 1 heterocycles. The van der Waals surface area contributed by atoms with E-state index in [0.717, 1.165) is 25.8 Å². The monoisotopic (exact) mass is 226 g/mol. The molecule has 2 aliphatic rings. The lowest BCUT2D eigenvalue weighted by Gasteiger charge is -2.29. The molecule has 1 aliphatic heterocycles. The highest BCUT2D eigenvalue weighted by Crippen LogP contribution is 2.27. The van der Waals surface area contributed by atoms with E-state index in [2.05, 4.69) is 5.32 Å². The van der Waals surface area contributed by atoms with Crippen LogP contribution in [0, 0.1) is 5.92 Å². The molecule has 0 bridgehead atoms. The number of carbonyl (C=O) groups excluding carboxylic acids is 1. The molecule has 1 atom stereocenters. The number of carbonyl (C=O) groups is 1. The smallest absolute Gasteiger partial charge is 0.225 e. The number of hydrogen-bond acceptors (Lipinski definition) is 3. The molecule has 0 aromatic carbocycles. The van der Waals surface area contributed by atoms with Crippen LogP contribution in [0.25, 0.3) is 0 Å². The molecular formula is C12H22N2O2. The molecule has 4 nitrogen and oxygen atoms in total. The van der Waals surface area contributed by atoms with Crippen LogP contribution in [0.3, 0.4) is 0 Å². The van der Waals surface area contributed by atoms with E-state index in [1.165, 1.54) is 12.8 Å². The zero-order valence-electron chi connectivity index (χ0n) is 10.0. The van der Waals surface area contributed by atoms with Gasteiger partial charge < -0.3 is 15.3 Å². The second kappa shape index (κ2) is 4.72. The third-order valence-corrected chi connectivity index (χ3v) is 3.83. The molecule has 0 aromatic rings. The van der Waals surface area contributed by atoms with Crippen LogP contribution in [0.5, 0.6) is 0 Å². The Bertz CT molecular complexity index is 256. The minimum absolute atomic E-state index is 0.211. The van der Waals surface area contributed by atoms with Gasteiger partial charge in [-0.25, -0.2) is 0 Å². The lowest BCUT2D eigenvalue weighted by molar-refractivity contribution is -0.136. The van der Waals surface area contributed by atoms with E-state index in [0.29, 0.717) is 13.1 Å². The summed E-state index contributed by atoms with van der Waals surface area (Å²) in [6.07, 6.45) is 5.15. The van der Waals surface area contributed by atoms with E-state index in [-0.39, 0.29) is 11.8 Å². The molecular weight excluding hydrogens is 204 g/mol. The Morgan fingerprint density at radius 1 is 1.50 bits per heavy atom. The van der Waals surface area contributed by atoms with Crippen molar-refractivity contribution in [2.24, 2.45) is 5.92 Å². The van der Waals surface area contributed by atoms with Gasteiger partial charge in [-0.05, 0) is 25.8 Å². The Balaban J connectivity index is 1.86. The average Bonchev–Trinajstić information content (AvgIpc) is 2.87. The summed E-state index contributed by atoms with van der Waals surface area (Å²) in [5.74, 6) is 0.431. The fourth-order valence-electron chi connectivity index (χ4n) is 2.87. The number of likely N-dealkylation sites (N-methyl/N-ethyl adjacent to an activating group) is 1. The van der Waals surface area contributed by atoms with Crippen molar-refractivity contribution >= 4 is 5.91 Å². The van der Waals surface area contributed by atoms with Crippen molar-refractivity contribution in [3.63, 3.8) is 0 Å². The number of aliphatic hydroxyl groups is 1. The summed E-state index contributed by atoms with van der Waals surface area (Å²) in [6, 6.07) is 0. The lowest BCUT2D eigenvalue weighted by atomic mass is 10.0. The van der Waals surface area contributed by atoms with E-state index in [9.17, 15) is 9.90 Å². The molecule has 1 unspecified atom stereocenters. The van der Waals surface area contributed by atoms with Gasteiger partial charge in [0.15, 0.2) is 0 Å². The van der Waals surface area contributed by atoms with Crippen molar-refractivity contribution < 1.29 is 9.90 Å². The third kappa shape index (κ3) is 2.55. The van der Waals surface area contributed by atoms with Crippen LogP contribution in [0.2, 0.25) is 0 Å². The van der Waals surface area contributed by atoms with Crippen LogP contribution < -0.4 is 5.32 Å². The Morgan fingerprint density at radius 3 is 2.75 bits per heavy atom. The topological polar surface area (TPSA) is 52.6 Å². The molecule has 1 saturated heterocycles. The number of hydrogen-bond donors (Lipinski definition) is 2. The van der Waals surface area contributed by atoms with Crippen molar-refractivity contribution in [2.75, 3.05) is 26.7 Å². The molecule has 4 heteroatoms. The van der Waals surface area contributed by atoms with Crippen LogP contribution in [0.15, 0.2) is 0 Å². The SMILES string of the molecule is CN(CC1(O)CCNC1)C(=O)C1CCCC1. The second-order valence-corrected chi connectivity index (χ2v) is 5.33. The van der Waals surface area contributed by atoms with Crippen molar-refractivity contribution in [3.05, 3.63) is 0 Å². The van der Waals surface area contributed by atoms with Crippen molar-refractivity contribution in [1.82, 2.24) is 10.2 Å². The summed E-state index contributed by atoms with van der Waals surface area (Å²) in [4.78, 5) is 13.8.